The Kier molecular flexibility index (Phi) is 13.3. The fraction of sp³-hybridized carbons (Fsp3) is 0.462. The minimum Gasteiger partial charge on any atom is -0.466 e. The highest BCUT2D eigenvalue weighted by Crippen LogP contribution is 2.44. The number of likely N-dealkylation sites (tertiary alicyclic amines) is 1. The first-order valence-corrected chi connectivity index (χ1v) is 17.3. The fourth-order valence-corrected chi connectivity index (χ4v) is 6.38. The Hall–Kier alpha value is -4.79. The lowest BCUT2D eigenvalue weighted by atomic mass is 9.76. The highest BCUT2D eigenvalue weighted by Gasteiger charge is 2.53. The minimum absolute atomic E-state index is 0.00945. The predicted molar refractivity (Wildman–Crippen MR) is 185 cm³/mol. The van der Waals surface area contributed by atoms with E-state index in [0.29, 0.717) is 23.3 Å². The normalized spacial score (nSPS) is 19.8. The fourth-order valence-electron chi connectivity index (χ4n) is 6.38. The average Bonchev–Trinajstić information content (AvgIpc) is 3.09. The van der Waals surface area contributed by atoms with Crippen LogP contribution >= 0.6 is 0 Å². The number of nitrogens with one attached hydrogen (secondary N) is 1. The molecule has 4 rings (SSSR count). The summed E-state index contributed by atoms with van der Waals surface area (Å²) in [4.78, 5) is 42.1. The zero-order valence-electron chi connectivity index (χ0n) is 30.6. The highest BCUT2D eigenvalue weighted by atomic mass is 19.4. The zero-order valence-corrected chi connectivity index (χ0v) is 30.6. The number of hydrogen-bond acceptors (Lipinski definition) is 7. The van der Waals surface area contributed by atoms with E-state index in [1.807, 2.05) is 0 Å². The summed E-state index contributed by atoms with van der Waals surface area (Å²) < 4.78 is 105. The topological polar surface area (TPSA) is 103 Å². The summed E-state index contributed by atoms with van der Waals surface area (Å²) in [7, 11) is 0. The number of halogens is 6. The van der Waals surface area contributed by atoms with Crippen molar-refractivity contribution < 1.29 is 59.7 Å². The van der Waals surface area contributed by atoms with Gasteiger partial charge >= 0.3 is 30.5 Å². The van der Waals surface area contributed by atoms with Gasteiger partial charge in [-0.1, -0.05) is 60.7 Å². The molecule has 294 valence electrons. The van der Waals surface area contributed by atoms with Crippen LogP contribution < -0.4 is 5.32 Å². The number of alkyl halides is 6. The van der Waals surface area contributed by atoms with E-state index in [9.17, 15) is 40.7 Å². The number of carbonyl (C=O) groups excluding carboxylic acids is 3. The van der Waals surface area contributed by atoms with Gasteiger partial charge in [0.15, 0.2) is 0 Å². The van der Waals surface area contributed by atoms with Crippen LogP contribution in [-0.2, 0) is 48.2 Å². The van der Waals surface area contributed by atoms with E-state index < -0.39 is 89.6 Å². The molecule has 1 fully saturated rings. The van der Waals surface area contributed by atoms with Gasteiger partial charge in [-0.2, -0.15) is 26.3 Å². The van der Waals surface area contributed by atoms with E-state index in [4.69, 9.17) is 18.9 Å². The number of esters is 1. The van der Waals surface area contributed by atoms with E-state index in [0.717, 1.165) is 0 Å². The molecule has 0 aromatic heterocycles. The van der Waals surface area contributed by atoms with Crippen molar-refractivity contribution in [1.29, 1.82) is 0 Å². The lowest BCUT2D eigenvalue weighted by Crippen LogP contribution is -2.67. The second-order valence-electron chi connectivity index (χ2n) is 14.0. The molecule has 0 aliphatic carbocycles. The van der Waals surface area contributed by atoms with E-state index in [-0.39, 0.29) is 32.1 Å². The number of alkyl carbamates (subject to hydrolysis) is 1. The molecule has 54 heavy (non-hydrogen) atoms. The van der Waals surface area contributed by atoms with Crippen LogP contribution in [0.3, 0.4) is 0 Å². The van der Waals surface area contributed by atoms with Crippen LogP contribution in [0.1, 0.15) is 87.8 Å². The third-order valence-electron chi connectivity index (χ3n) is 8.87. The Morgan fingerprint density at radius 3 is 1.98 bits per heavy atom. The number of amides is 2. The van der Waals surface area contributed by atoms with Gasteiger partial charge in [0, 0.05) is 0 Å². The maximum absolute atomic E-state index is 14.5. The highest BCUT2D eigenvalue weighted by molar-refractivity contribution is 5.75. The average molecular weight is 767 g/mol. The second-order valence-corrected chi connectivity index (χ2v) is 14.0. The predicted octanol–water partition coefficient (Wildman–Crippen LogP) is 9.35. The molecule has 1 aliphatic heterocycles. The van der Waals surface area contributed by atoms with Gasteiger partial charge < -0.3 is 24.3 Å². The number of piperidine rings is 1. The first kappa shape index (κ1) is 42.0. The first-order valence-electron chi connectivity index (χ1n) is 17.3. The van der Waals surface area contributed by atoms with E-state index >= 15 is 0 Å². The monoisotopic (exact) mass is 766 g/mol. The van der Waals surface area contributed by atoms with Crippen molar-refractivity contribution >= 4 is 18.2 Å². The molecular formula is C39H44F6N2O7. The molecule has 0 saturated carbocycles. The lowest BCUT2D eigenvalue weighted by molar-refractivity contribution is -0.148. The van der Waals surface area contributed by atoms with Crippen molar-refractivity contribution in [1.82, 2.24) is 10.2 Å². The Labute approximate surface area is 309 Å². The SMILES string of the molecule is CCOC(=O)C[C@@H]1[C@@H](NC(=O)OC(C)(C)C)CC[C@@](CO[C@H](C)c2cc(C(F)(F)F)cc(C(F)(F)F)c2)(c2ccccc2)N1C(=O)OCc1ccccc1. The van der Waals surface area contributed by atoms with E-state index in [1.54, 1.807) is 88.4 Å². The third kappa shape index (κ3) is 10.9. The largest absolute Gasteiger partial charge is 0.466 e. The molecule has 0 unspecified atom stereocenters. The summed E-state index contributed by atoms with van der Waals surface area (Å²) in [5, 5.41) is 2.78. The van der Waals surface area contributed by atoms with Crippen LogP contribution in [0, 0.1) is 0 Å². The molecular weight excluding hydrogens is 722 g/mol. The summed E-state index contributed by atoms with van der Waals surface area (Å²) in [6.07, 6.45) is -13.5. The Balaban J connectivity index is 1.84. The number of ether oxygens (including phenoxy) is 4. The number of rotatable bonds is 11. The summed E-state index contributed by atoms with van der Waals surface area (Å²) in [6, 6.07) is 16.3. The van der Waals surface area contributed by atoms with Gasteiger partial charge in [0.25, 0.3) is 0 Å². The van der Waals surface area contributed by atoms with Crippen LogP contribution in [0.15, 0.2) is 78.9 Å². The molecule has 2 amide bonds. The van der Waals surface area contributed by atoms with Crippen LogP contribution in [0.25, 0.3) is 0 Å². The molecule has 0 bridgehead atoms. The van der Waals surface area contributed by atoms with Gasteiger partial charge in [-0.05, 0) is 82.3 Å². The van der Waals surface area contributed by atoms with Gasteiger partial charge in [0.2, 0.25) is 0 Å². The van der Waals surface area contributed by atoms with Crippen LogP contribution in [0.5, 0.6) is 0 Å². The lowest BCUT2D eigenvalue weighted by Gasteiger charge is -2.53. The summed E-state index contributed by atoms with van der Waals surface area (Å²) in [5.41, 5.74) is -4.73. The molecule has 0 radical (unpaired) electrons. The third-order valence-corrected chi connectivity index (χ3v) is 8.87. The molecule has 0 spiro atoms. The van der Waals surface area contributed by atoms with Crippen molar-refractivity contribution in [3.8, 4) is 0 Å². The molecule has 3 aromatic rings. The minimum atomic E-state index is -5.08. The Morgan fingerprint density at radius 1 is 0.870 bits per heavy atom. The summed E-state index contributed by atoms with van der Waals surface area (Å²) in [6.45, 7) is 7.25. The van der Waals surface area contributed by atoms with Crippen LogP contribution in [-0.4, -0.2) is 54.0 Å². The van der Waals surface area contributed by atoms with Crippen LogP contribution in [0.4, 0.5) is 35.9 Å². The molecule has 1 aliphatic rings. The van der Waals surface area contributed by atoms with E-state index in [1.165, 1.54) is 11.8 Å². The zero-order chi connectivity index (χ0) is 39.9. The number of hydrogen-bond donors (Lipinski definition) is 1. The van der Waals surface area contributed by atoms with Crippen molar-refractivity contribution in [3.05, 3.63) is 107 Å². The maximum atomic E-state index is 14.5. The van der Waals surface area contributed by atoms with E-state index in [2.05, 4.69) is 5.32 Å². The van der Waals surface area contributed by atoms with Crippen molar-refractivity contribution in [2.24, 2.45) is 0 Å². The number of carbonyl (C=O) groups is 3. The summed E-state index contributed by atoms with van der Waals surface area (Å²) >= 11 is 0. The maximum Gasteiger partial charge on any atom is 0.416 e. The van der Waals surface area contributed by atoms with Gasteiger partial charge in [0.05, 0.1) is 54.5 Å². The van der Waals surface area contributed by atoms with Crippen molar-refractivity contribution in [3.63, 3.8) is 0 Å². The van der Waals surface area contributed by atoms with Crippen LogP contribution in [0.2, 0.25) is 0 Å². The van der Waals surface area contributed by atoms with Crippen molar-refractivity contribution in [2.75, 3.05) is 13.2 Å². The molecule has 1 heterocycles. The van der Waals surface area contributed by atoms with Gasteiger partial charge in [-0.15, -0.1) is 0 Å². The Bertz CT molecular complexity index is 1700. The molecule has 3 aromatic carbocycles. The van der Waals surface area contributed by atoms with Crippen molar-refractivity contribution in [2.45, 2.75) is 102 Å². The number of benzene rings is 3. The summed E-state index contributed by atoms with van der Waals surface area (Å²) in [5.74, 6) is -0.707. The molecule has 15 heteroatoms. The number of nitrogens with zero attached hydrogens (tertiary/aromatic N) is 1. The van der Waals surface area contributed by atoms with Gasteiger partial charge in [-0.3, -0.25) is 9.69 Å². The standard InChI is InChI=1S/C39H44F6N2O7/c1-6-51-33(48)22-32-31(46-34(49)54-36(3,4)5)17-18-37(28-15-11-8-12-16-28,47(32)35(50)52-23-26-13-9-7-10-14-26)24-53-25(2)27-19-29(38(40,41)42)21-30(20-27)39(43,44)45/h7-16,19-21,25,31-32H,6,17-18,22-24H2,1-5H3,(H,46,49)/t25-,31+,32-,37-/m1/s1. The van der Waals surface area contributed by atoms with Gasteiger partial charge in [0.1, 0.15) is 12.2 Å². The Morgan fingerprint density at radius 2 is 1.44 bits per heavy atom. The molecule has 4 atom stereocenters. The second kappa shape index (κ2) is 17.1. The molecule has 1 N–H and O–H groups in total. The molecule has 1 saturated heterocycles. The quantitative estimate of drug-likeness (QED) is 0.118. The first-order chi connectivity index (χ1) is 25.2. The molecule has 9 nitrogen and oxygen atoms in total. The van der Waals surface area contributed by atoms with Gasteiger partial charge in [-0.25, -0.2) is 9.59 Å². The smallest absolute Gasteiger partial charge is 0.416 e.